The standard InChI is InChI=1S/C14H15NO/c16-11-15-10-12-6-8-14(9-7-12)13-4-2-1-3-5-13/h1-9,15-16H,10-11H2. The molecule has 0 aliphatic heterocycles. The Hall–Kier alpha value is -1.64. The molecule has 2 heteroatoms. The molecule has 2 nitrogen and oxygen atoms in total. The molecule has 0 aliphatic carbocycles. The summed E-state index contributed by atoms with van der Waals surface area (Å²) in [6.07, 6.45) is 0. The van der Waals surface area contributed by atoms with Crippen LogP contribution in [0.2, 0.25) is 0 Å². The molecule has 0 spiro atoms. The van der Waals surface area contributed by atoms with Gasteiger partial charge in [-0.15, -0.1) is 0 Å². The van der Waals surface area contributed by atoms with E-state index in [1.165, 1.54) is 16.7 Å². The van der Waals surface area contributed by atoms with Crippen LogP contribution in [0.4, 0.5) is 0 Å². The topological polar surface area (TPSA) is 32.3 Å². The Bertz CT molecular complexity index is 422. The highest BCUT2D eigenvalue weighted by Gasteiger charge is 1.96. The molecule has 2 rings (SSSR count). The van der Waals surface area contributed by atoms with E-state index in [9.17, 15) is 0 Å². The van der Waals surface area contributed by atoms with Crippen LogP contribution in [-0.4, -0.2) is 11.8 Å². The lowest BCUT2D eigenvalue weighted by atomic mass is 10.0. The monoisotopic (exact) mass is 213 g/mol. The Labute approximate surface area is 95.6 Å². The minimum Gasteiger partial charge on any atom is -0.381 e. The minimum absolute atomic E-state index is 0.0143. The van der Waals surface area contributed by atoms with Gasteiger partial charge in [0.25, 0.3) is 0 Å². The predicted octanol–water partition coefficient (Wildman–Crippen LogP) is 2.39. The van der Waals surface area contributed by atoms with E-state index in [-0.39, 0.29) is 6.73 Å². The van der Waals surface area contributed by atoms with Gasteiger partial charge in [0.1, 0.15) is 0 Å². The quantitative estimate of drug-likeness (QED) is 0.764. The lowest BCUT2D eigenvalue weighted by Crippen LogP contribution is -2.13. The van der Waals surface area contributed by atoms with E-state index in [2.05, 4.69) is 41.7 Å². The number of hydrogen-bond acceptors (Lipinski definition) is 2. The average Bonchev–Trinajstić information content (AvgIpc) is 2.38. The highest BCUT2D eigenvalue weighted by atomic mass is 16.3. The highest BCUT2D eigenvalue weighted by molar-refractivity contribution is 5.63. The molecule has 0 aliphatic rings. The van der Waals surface area contributed by atoms with Crippen molar-refractivity contribution in [2.45, 2.75) is 6.54 Å². The van der Waals surface area contributed by atoms with Crippen LogP contribution >= 0.6 is 0 Å². The molecule has 0 saturated carbocycles. The molecule has 0 aromatic heterocycles. The zero-order valence-electron chi connectivity index (χ0n) is 9.06. The van der Waals surface area contributed by atoms with Crippen LogP contribution < -0.4 is 5.32 Å². The summed E-state index contributed by atoms with van der Waals surface area (Å²) >= 11 is 0. The van der Waals surface area contributed by atoms with Crippen molar-refractivity contribution in [3.8, 4) is 11.1 Å². The molecule has 0 saturated heterocycles. The zero-order chi connectivity index (χ0) is 11.2. The van der Waals surface area contributed by atoms with Crippen LogP contribution in [0.15, 0.2) is 54.6 Å². The third-order valence-electron chi connectivity index (χ3n) is 2.50. The third-order valence-corrected chi connectivity index (χ3v) is 2.50. The fourth-order valence-corrected chi connectivity index (χ4v) is 1.65. The van der Waals surface area contributed by atoms with Crippen LogP contribution in [0.3, 0.4) is 0 Å². The summed E-state index contributed by atoms with van der Waals surface area (Å²) in [7, 11) is 0. The van der Waals surface area contributed by atoms with Crippen molar-refractivity contribution in [3.05, 3.63) is 60.2 Å². The number of aliphatic hydroxyl groups is 1. The minimum atomic E-state index is 0.0143. The lowest BCUT2D eigenvalue weighted by molar-refractivity contribution is 0.259. The predicted molar refractivity (Wildman–Crippen MR) is 65.8 cm³/mol. The molecule has 0 heterocycles. The van der Waals surface area contributed by atoms with Crippen molar-refractivity contribution in [2.24, 2.45) is 0 Å². The molecule has 0 atom stereocenters. The number of nitrogens with one attached hydrogen (secondary N) is 1. The van der Waals surface area contributed by atoms with Gasteiger partial charge in [-0.05, 0) is 16.7 Å². The first kappa shape index (κ1) is 10.9. The molecule has 16 heavy (non-hydrogen) atoms. The Morgan fingerprint density at radius 1 is 0.812 bits per heavy atom. The van der Waals surface area contributed by atoms with Crippen LogP contribution in [0, 0.1) is 0 Å². The van der Waals surface area contributed by atoms with Crippen LogP contribution in [0.1, 0.15) is 5.56 Å². The first-order valence-electron chi connectivity index (χ1n) is 5.36. The summed E-state index contributed by atoms with van der Waals surface area (Å²) in [4.78, 5) is 0. The van der Waals surface area contributed by atoms with E-state index in [1.807, 2.05) is 18.2 Å². The second-order valence-electron chi connectivity index (χ2n) is 3.65. The number of aliphatic hydroxyl groups excluding tert-OH is 1. The van der Waals surface area contributed by atoms with Gasteiger partial charge in [-0.3, -0.25) is 5.32 Å². The highest BCUT2D eigenvalue weighted by Crippen LogP contribution is 2.18. The van der Waals surface area contributed by atoms with E-state index in [4.69, 9.17) is 5.11 Å². The van der Waals surface area contributed by atoms with Crippen molar-refractivity contribution in [2.75, 3.05) is 6.73 Å². The second-order valence-corrected chi connectivity index (χ2v) is 3.65. The molecular weight excluding hydrogens is 198 g/mol. The molecule has 82 valence electrons. The van der Waals surface area contributed by atoms with Gasteiger partial charge in [-0.2, -0.15) is 0 Å². The van der Waals surface area contributed by atoms with Crippen LogP contribution in [0.25, 0.3) is 11.1 Å². The summed E-state index contributed by atoms with van der Waals surface area (Å²) in [5.74, 6) is 0. The van der Waals surface area contributed by atoms with Crippen molar-refractivity contribution in [1.82, 2.24) is 5.32 Å². The Morgan fingerprint density at radius 3 is 2.06 bits per heavy atom. The molecule has 0 unspecified atom stereocenters. The van der Waals surface area contributed by atoms with E-state index in [0.717, 1.165) is 0 Å². The first-order valence-corrected chi connectivity index (χ1v) is 5.36. The summed E-state index contributed by atoms with van der Waals surface area (Å²) < 4.78 is 0. The molecule has 2 aromatic carbocycles. The average molecular weight is 213 g/mol. The Kier molecular flexibility index (Phi) is 3.70. The van der Waals surface area contributed by atoms with E-state index in [1.54, 1.807) is 0 Å². The van der Waals surface area contributed by atoms with Gasteiger partial charge in [-0.1, -0.05) is 54.6 Å². The SMILES string of the molecule is OCNCc1ccc(-c2ccccc2)cc1. The van der Waals surface area contributed by atoms with Gasteiger partial charge in [0.2, 0.25) is 0 Å². The number of benzene rings is 2. The molecule has 0 amide bonds. The maximum atomic E-state index is 8.65. The fraction of sp³-hybridized carbons (Fsp3) is 0.143. The molecule has 2 aromatic rings. The smallest absolute Gasteiger partial charge is 0.0934 e. The van der Waals surface area contributed by atoms with Crippen LogP contribution in [-0.2, 0) is 6.54 Å². The van der Waals surface area contributed by atoms with Crippen LogP contribution in [0.5, 0.6) is 0 Å². The second kappa shape index (κ2) is 5.45. The summed E-state index contributed by atoms with van der Waals surface area (Å²) in [6.45, 7) is 0.714. The summed E-state index contributed by atoms with van der Waals surface area (Å²) in [5.41, 5.74) is 3.62. The van der Waals surface area contributed by atoms with E-state index in [0.29, 0.717) is 6.54 Å². The Morgan fingerprint density at radius 2 is 1.44 bits per heavy atom. The van der Waals surface area contributed by atoms with Gasteiger partial charge < -0.3 is 5.11 Å². The van der Waals surface area contributed by atoms with Gasteiger partial charge >= 0.3 is 0 Å². The Balaban J connectivity index is 2.13. The molecule has 2 N–H and O–H groups in total. The molecule has 0 radical (unpaired) electrons. The number of hydrogen-bond donors (Lipinski definition) is 2. The van der Waals surface area contributed by atoms with Crippen molar-refractivity contribution in [3.63, 3.8) is 0 Å². The molecule has 0 fully saturated rings. The molecular formula is C14H15NO. The zero-order valence-corrected chi connectivity index (χ0v) is 9.06. The number of rotatable bonds is 4. The maximum absolute atomic E-state index is 8.65. The first-order chi connectivity index (χ1) is 7.90. The lowest BCUT2D eigenvalue weighted by Gasteiger charge is -2.04. The fourth-order valence-electron chi connectivity index (χ4n) is 1.65. The molecule has 0 bridgehead atoms. The normalized spacial score (nSPS) is 10.3. The van der Waals surface area contributed by atoms with Crippen molar-refractivity contribution < 1.29 is 5.11 Å². The summed E-state index contributed by atoms with van der Waals surface area (Å²) in [6, 6.07) is 18.6. The van der Waals surface area contributed by atoms with Gasteiger partial charge in [0.05, 0.1) is 6.73 Å². The maximum Gasteiger partial charge on any atom is 0.0934 e. The van der Waals surface area contributed by atoms with Crippen molar-refractivity contribution >= 4 is 0 Å². The van der Waals surface area contributed by atoms with Crippen molar-refractivity contribution in [1.29, 1.82) is 0 Å². The summed E-state index contributed by atoms with van der Waals surface area (Å²) in [5, 5.41) is 11.5. The van der Waals surface area contributed by atoms with Gasteiger partial charge in [-0.25, -0.2) is 0 Å². The van der Waals surface area contributed by atoms with Gasteiger partial charge in [0, 0.05) is 6.54 Å². The van der Waals surface area contributed by atoms with E-state index >= 15 is 0 Å². The third kappa shape index (κ3) is 2.69. The van der Waals surface area contributed by atoms with Gasteiger partial charge in [0.15, 0.2) is 0 Å². The van der Waals surface area contributed by atoms with E-state index < -0.39 is 0 Å². The largest absolute Gasteiger partial charge is 0.381 e.